The zero-order chi connectivity index (χ0) is 19.2. The molecule has 2 aromatic carbocycles. The van der Waals surface area contributed by atoms with E-state index in [1.54, 1.807) is 0 Å². The number of hydrogen-bond acceptors (Lipinski definition) is 1. The first-order valence-corrected chi connectivity index (χ1v) is 10.6. The molecular formula is C23H28Cl2NO+. The van der Waals surface area contributed by atoms with Crippen LogP contribution in [0.3, 0.4) is 0 Å². The summed E-state index contributed by atoms with van der Waals surface area (Å²) in [5, 5.41) is 13.3. The highest BCUT2D eigenvalue weighted by molar-refractivity contribution is 6.30. The van der Waals surface area contributed by atoms with Crippen molar-refractivity contribution in [1.82, 2.24) is 0 Å². The van der Waals surface area contributed by atoms with Gasteiger partial charge in [-0.3, -0.25) is 0 Å². The van der Waals surface area contributed by atoms with Gasteiger partial charge in [-0.05, 0) is 47.7 Å². The lowest BCUT2D eigenvalue weighted by atomic mass is 9.75. The van der Waals surface area contributed by atoms with E-state index in [0.29, 0.717) is 28.0 Å². The average Bonchev–Trinajstić information content (AvgIpc) is 2.80. The van der Waals surface area contributed by atoms with Gasteiger partial charge < -0.3 is 9.59 Å². The Morgan fingerprint density at radius 3 is 1.67 bits per heavy atom. The molecule has 27 heavy (non-hydrogen) atoms. The third-order valence-electron chi connectivity index (χ3n) is 7.15. The van der Waals surface area contributed by atoms with Crippen LogP contribution in [0.5, 0.6) is 0 Å². The normalized spacial score (nSPS) is 26.9. The van der Waals surface area contributed by atoms with E-state index in [-0.39, 0.29) is 0 Å². The first kappa shape index (κ1) is 19.3. The van der Waals surface area contributed by atoms with E-state index in [0.717, 1.165) is 22.0 Å². The Kier molecular flexibility index (Phi) is 5.05. The summed E-state index contributed by atoms with van der Waals surface area (Å²) in [4.78, 5) is 0. The average molecular weight is 405 g/mol. The van der Waals surface area contributed by atoms with E-state index < -0.39 is 5.60 Å². The second-order valence-corrected chi connectivity index (χ2v) is 9.80. The van der Waals surface area contributed by atoms with Gasteiger partial charge in [0.1, 0.15) is 5.60 Å². The van der Waals surface area contributed by atoms with Gasteiger partial charge in [-0.15, -0.1) is 0 Å². The molecule has 0 amide bonds. The third kappa shape index (κ3) is 3.53. The van der Waals surface area contributed by atoms with Crippen LogP contribution < -0.4 is 0 Å². The molecule has 2 fully saturated rings. The van der Waals surface area contributed by atoms with E-state index >= 15 is 0 Å². The number of rotatable bonds is 4. The summed E-state index contributed by atoms with van der Waals surface area (Å²) in [7, 11) is 4.76. The van der Waals surface area contributed by atoms with E-state index in [4.69, 9.17) is 23.2 Å². The molecule has 1 N–H and O–H groups in total. The number of quaternary nitrogens is 1. The Hall–Kier alpha value is -1.06. The molecule has 2 bridgehead atoms. The summed E-state index contributed by atoms with van der Waals surface area (Å²) < 4.78 is 1.15. The van der Waals surface area contributed by atoms with E-state index in [9.17, 15) is 5.11 Å². The van der Waals surface area contributed by atoms with Crippen LogP contribution in [0.4, 0.5) is 0 Å². The number of piperidine rings is 1. The molecule has 2 saturated heterocycles. The molecule has 2 aromatic rings. The van der Waals surface area contributed by atoms with Gasteiger partial charge in [0.05, 0.1) is 26.2 Å². The minimum atomic E-state index is -1.02. The Labute approximate surface area is 172 Å². The molecule has 2 nitrogen and oxygen atoms in total. The summed E-state index contributed by atoms with van der Waals surface area (Å²) in [5.74, 6) is 0.519. The molecule has 0 aromatic heterocycles. The molecule has 3 atom stereocenters. The first-order valence-electron chi connectivity index (χ1n) is 9.87. The highest BCUT2D eigenvalue weighted by Gasteiger charge is 2.50. The van der Waals surface area contributed by atoms with Crippen molar-refractivity contribution >= 4 is 23.2 Å². The van der Waals surface area contributed by atoms with Crippen molar-refractivity contribution in [2.45, 2.75) is 49.8 Å². The fourth-order valence-electron chi connectivity index (χ4n) is 5.43. The topological polar surface area (TPSA) is 20.2 Å². The Morgan fingerprint density at radius 1 is 0.852 bits per heavy atom. The number of fused-ring (bicyclic) bond motifs is 2. The molecule has 0 saturated carbocycles. The van der Waals surface area contributed by atoms with Gasteiger partial charge in [0.2, 0.25) is 0 Å². The third-order valence-corrected chi connectivity index (χ3v) is 7.66. The Balaban J connectivity index is 1.67. The SMILES string of the molecule is C[N+]1(C)[C@@H]2CC[C@H]1CC(CC(O)(c1ccc(Cl)cc1)c1ccc(Cl)cc1)C2. The predicted octanol–water partition coefficient (Wildman–Crippen LogP) is 5.64. The smallest absolute Gasteiger partial charge is 0.115 e. The van der Waals surface area contributed by atoms with E-state index in [1.165, 1.54) is 25.7 Å². The fourth-order valence-corrected chi connectivity index (χ4v) is 5.68. The molecular weight excluding hydrogens is 377 g/mol. The van der Waals surface area contributed by atoms with Crippen LogP contribution >= 0.6 is 23.2 Å². The molecule has 4 heteroatoms. The van der Waals surface area contributed by atoms with Crippen LogP contribution in [-0.4, -0.2) is 35.8 Å². The number of nitrogens with zero attached hydrogens (tertiary/aromatic N) is 1. The van der Waals surface area contributed by atoms with Crippen molar-refractivity contribution < 1.29 is 9.59 Å². The van der Waals surface area contributed by atoms with Crippen LogP contribution in [0.25, 0.3) is 0 Å². The predicted molar refractivity (Wildman–Crippen MR) is 112 cm³/mol. The van der Waals surface area contributed by atoms with Gasteiger partial charge in [0.25, 0.3) is 0 Å². The largest absolute Gasteiger partial charge is 0.380 e. The zero-order valence-electron chi connectivity index (χ0n) is 16.0. The van der Waals surface area contributed by atoms with Crippen LogP contribution in [-0.2, 0) is 5.60 Å². The summed E-state index contributed by atoms with van der Waals surface area (Å²) in [5.41, 5.74) is 0.787. The molecule has 1 unspecified atom stereocenters. The van der Waals surface area contributed by atoms with Gasteiger partial charge in [-0.25, -0.2) is 0 Å². The van der Waals surface area contributed by atoms with Crippen LogP contribution in [0.1, 0.15) is 43.2 Å². The lowest BCUT2D eigenvalue weighted by Crippen LogP contribution is -2.55. The summed E-state index contributed by atoms with van der Waals surface area (Å²) in [6.07, 6.45) is 5.74. The Bertz CT molecular complexity index is 739. The molecule has 0 aliphatic carbocycles. The zero-order valence-corrected chi connectivity index (χ0v) is 17.5. The second kappa shape index (κ2) is 7.08. The maximum Gasteiger partial charge on any atom is 0.115 e. The lowest BCUT2D eigenvalue weighted by Gasteiger charge is -2.46. The van der Waals surface area contributed by atoms with Crippen LogP contribution in [0.15, 0.2) is 48.5 Å². The fraction of sp³-hybridized carbons (Fsp3) is 0.478. The molecule has 144 valence electrons. The van der Waals surface area contributed by atoms with Crippen molar-refractivity contribution in [3.63, 3.8) is 0 Å². The number of halogens is 2. The number of aliphatic hydroxyl groups is 1. The van der Waals surface area contributed by atoms with Gasteiger partial charge in [0.15, 0.2) is 0 Å². The van der Waals surface area contributed by atoms with Crippen molar-refractivity contribution in [1.29, 1.82) is 0 Å². The van der Waals surface area contributed by atoms with Crippen molar-refractivity contribution in [2.24, 2.45) is 5.92 Å². The number of benzene rings is 2. The molecule has 2 aliphatic rings. The molecule has 2 heterocycles. The highest BCUT2D eigenvalue weighted by atomic mass is 35.5. The maximum atomic E-state index is 11.9. The van der Waals surface area contributed by atoms with Crippen LogP contribution in [0, 0.1) is 5.92 Å². The molecule has 2 aliphatic heterocycles. The monoisotopic (exact) mass is 404 g/mol. The van der Waals surface area contributed by atoms with Crippen molar-refractivity contribution in [3.05, 3.63) is 69.7 Å². The quantitative estimate of drug-likeness (QED) is 0.653. The summed E-state index contributed by atoms with van der Waals surface area (Å²) in [6.45, 7) is 0. The minimum Gasteiger partial charge on any atom is -0.380 e. The van der Waals surface area contributed by atoms with Crippen LogP contribution in [0.2, 0.25) is 10.0 Å². The number of hydrogen-bond donors (Lipinski definition) is 1. The minimum absolute atomic E-state index is 0.519. The molecule has 0 spiro atoms. The van der Waals surface area contributed by atoms with Gasteiger partial charge in [0, 0.05) is 35.7 Å². The standard InChI is InChI=1S/C23H28Cl2NO/c1-26(2)21-11-12-22(26)14-16(13-21)15-23(27,17-3-7-19(24)8-4-17)18-5-9-20(25)10-6-18/h3-10,16,21-22,27H,11-15H2,1-2H3/q+1/t16?,21-,22+. The Morgan fingerprint density at radius 2 is 1.26 bits per heavy atom. The van der Waals surface area contributed by atoms with Gasteiger partial charge >= 0.3 is 0 Å². The summed E-state index contributed by atoms with van der Waals surface area (Å²) in [6, 6.07) is 16.7. The second-order valence-electron chi connectivity index (χ2n) is 8.93. The van der Waals surface area contributed by atoms with Crippen molar-refractivity contribution in [3.8, 4) is 0 Å². The summed E-state index contributed by atoms with van der Waals surface area (Å²) >= 11 is 12.2. The molecule has 4 rings (SSSR count). The lowest BCUT2D eigenvalue weighted by molar-refractivity contribution is -0.931. The van der Waals surface area contributed by atoms with E-state index in [2.05, 4.69) is 14.1 Å². The highest BCUT2D eigenvalue weighted by Crippen LogP contribution is 2.47. The van der Waals surface area contributed by atoms with Gasteiger partial charge in [-0.2, -0.15) is 0 Å². The van der Waals surface area contributed by atoms with Crippen molar-refractivity contribution in [2.75, 3.05) is 14.1 Å². The van der Waals surface area contributed by atoms with Gasteiger partial charge in [-0.1, -0.05) is 47.5 Å². The first-order chi connectivity index (χ1) is 12.8. The molecule has 0 radical (unpaired) electrons. The van der Waals surface area contributed by atoms with E-state index in [1.807, 2.05) is 48.5 Å². The maximum absolute atomic E-state index is 11.9.